The second kappa shape index (κ2) is 5.67. The topological polar surface area (TPSA) is 12.9 Å². The molecule has 1 heterocycles. The molecule has 3 aliphatic carbocycles. The lowest BCUT2D eigenvalue weighted by atomic mass is 9.65. The van der Waals surface area contributed by atoms with Crippen LogP contribution in [0.2, 0.25) is 0 Å². The summed E-state index contributed by atoms with van der Waals surface area (Å²) in [7, 11) is 0. The van der Waals surface area contributed by atoms with Gasteiger partial charge in [-0.2, -0.15) is 0 Å². The van der Waals surface area contributed by atoms with Crippen molar-refractivity contribution in [1.82, 2.24) is 4.98 Å². The van der Waals surface area contributed by atoms with Crippen LogP contribution in [0.3, 0.4) is 0 Å². The predicted octanol–water partition coefficient (Wildman–Crippen LogP) is 6.95. The third kappa shape index (κ3) is 2.40. The van der Waals surface area contributed by atoms with Crippen molar-refractivity contribution in [3.63, 3.8) is 0 Å². The molecule has 2 bridgehead atoms. The molecule has 1 saturated carbocycles. The Kier molecular flexibility index (Phi) is 3.50. The molecule has 1 fully saturated rings. The quantitative estimate of drug-likeness (QED) is 0.466. The zero-order chi connectivity index (χ0) is 17.9. The standard InChI is InChI=1S/C25H27N/c1-25(2,3)19-13-14-21-20(15-19)22-16-9-11-17(12-10-16)23(22)24(26-21)18-7-5-4-6-8-18/h4-8,13-17H,9-12H2,1-3H3. The average molecular weight is 341 g/mol. The van der Waals surface area contributed by atoms with Gasteiger partial charge in [0.15, 0.2) is 0 Å². The Morgan fingerprint density at radius 3 is 2.12 bits per heavy atom. The fourth-order valence-electron chi connectivity index (χ4n) is 5.11. The maximum atomic E-state index is 5.20. The first kappa shape index (κ1) is 16.1. The Morgan fingerprint density at radius 1 is 0.808 bits per heavy atom. The van der Waals surface area contributed by atoms with Gasteiger partial charge in [-0.3, -0.25) is 0 Å². The van der Waals surface area contributed by atoms with Gasteiger partial charge in [0.25, 0.3) is 0 Å². The number of fused-ring (bicyclic) bond motifs is 3. The summed E-state index contributed by atoms with van der Waals surface area (Å²) in [5, 5.41) is 1.42. The average Bonchev–Trinajstić information content (AvgIpc) is 2.67. The van der Waals surface area contributed by atoms with Gasteiger partial charge in [-0.05, 0) is 71.8 Å². The van der Waals surface area contributed by atoms with Gasteiger partial charge in [0.1, 0.15) is 0 Å². The molecule has 0 amide bonds. The molecule has 6 rings (SSSR count). The Labute approximate surface area is 156 Å². The Bertz CT molecular complexity index is 970. The lowest BCUT2D eigenvalue weighted by Gasteiger charge is -2.40. The Hall–Kier alpha value is -2.15. The lowest BCUT2D eigenvalue weighted by molar-refractivity contribution is 0.361. The molecule has 0 radical (unpaired) electrons. The number of nitrogens with zero attached hydrogens (tertiary/aromatic N) is 1. The van der Waals surface area contributed by atoms with Crippen LogP contribution in [0.25, 0.3) is 22.2 Å². The zero-order valence-corrected chi connectivity index (χ0v) is 16.0. The third-order valence-electron chi connectivity index (χ3n) is 6.52. The van der Waals surface area contributed by atoms with E-state index >= 15 is 0 Å². The van der Waals surface area contributed by atoms with Crippen LogP contribution in [0.15, 0.2) is 48.5 Å². The Morgan fingerprint density at radius 2 is 1.46 bits per heavy atom. The first-order chi connectivity index (χ1) is 12.5. The van der Waals surface area contributed by atoms with Crippen LogP contribution in [0.1, 0.15) is 75.0 Å². The maximum absolute atomic E-state index is 5.20. The van der Waals surface area contributed by atoms with Crippen LogP contribution in [0.5, 0.6) is 0 Å². The molecule has 0 atom stereocenters. The smallest absolute Gasteiger partial charge is 0.0747 e. The van der Waals surface area contributed by atoms with Crippen molar-refractivity contribution in [2.75, 3.05) is 0 Å². The number of rotatable bonds is 1. The minimum atomic E-state index is 0.173. The fraction of sp³-hybridized carbons (Fsp3) is 0.400. The predicted molar refractivity (Wildman–Crippen MR) is 110 cm³/mol. The van der Waals surface area contributed by atoms with Crippen LogP contribution < -0.4 is 0 Å². The zero-order valence-electron chi connectivity index (χ0n) is 16.0. The van der Waals surface area contributed by atoms with Gasteiger partial charge in [-0.15, -0.1) is 0 Å². The molecule has 3 aliphatic rings. The van der Waals surface area contributed by atoms with Gasteiger partial charge in [-0.1, -0.05) is 57.2 Å². The molecule has 1 nitrogen and oxygen atoms in total. The first-order valence-electron chi connectivity index (χ1n) is 10.1. The van der Waals surface area contributed by atoms with Crippen molar-refractivity contribution < 1.29 is 0 Å². The van der Waals surface area contributed by atoms with Gasteiger partial charge in [0.05, 0.1) is 11.2 Å². The minimum absolute atomic E-state index is 0.173. The van der Waals surface area contributed by atoms with Gasteiger partial charge < -0.3 is 0 Å². The van der Waals surface area contributed by atoms with Crippen LogP contribution in [0, 0.1) is 0 Å². The molecule has 26 heavy (non-hydrogen) atoms. The monoisotopic (exact) mass is 341 g/mol. The number of hydrogen-bond acceptors (Lipinski definition) is 1. The first-order valence-corrected chi connectivity index (χ1v) is 10.1. The van der Waals surface area contributed by atoms with Crippen LogP contribution in [-0.4, -0.2) is 4.98 Å². The molecule has 132 valence electrons. The third-order valence-corrected chi connectivity index (χ3v) is 6.52. The molecular formula is C25H27N. The number of aromatic nitrogens is 1. The largest absolute Gasteiger partial charge is 0.247 e. The van der Waals surface area contributed by atoms with Gasteiger partial charge in [0, 0.05) is 10.9 Å². The van der Waals surface area contributed by atoms with E-state index in [9.17, 15) is 0 Å². The highest BCUT2D eigenvalue weighted by atomic mass is 14.7. The van der Waals surface area contributed by atoms with E-state index in [1.807, 2.05) is 0 Å². The summed E-state index contributed by atoms with van der Waals surface area (Å²) in [5.74, 6) is 1.42. The Balaban J connectivity index is 1.85. The summed E-state index contributed by atoms with van der Waals surface area (Å²) < 4.78 is 0. The summed E-state index contributed by atoms with van der Waals surface area (Å²) in [5.41, 5.74) is 8.47. The lowest BCUT2D eigenvalue weighted by Crippen LogP contribution is -2.23. The molecule has 3 aromatic rings. The van der Waals surface area contributed by atoms with Crippen molar-refractivity contribution in [3.05, 3.63) is 65.2 Å². The molecule has 0 saturated heterocycles. The van der Waals surface area contributed by atoms with Gasteiger partial charge >= 0.3 is 0 Å². The van der Waals surface area contributed by atoms with E-state index in [4.69, 9.17) is 4.98 Å². The highest BCUT2D eigenvalue weighted by Crippen LogP contribution is 2.54. The normalized spacial score (nSPS) is 21.8. The highest BCUT2D eigenvalue weighted by Gasteiger charge is 2.37. The van der Waals surface area contributed by atoms with Crippen molar-refractivity contribution in [2.45, 2.75) is 63.7 Å². The van der Waals surface area contributed by atoms with E-state index in [0.717, 1.165) is 5.92 Å². The maximum Gasteiger partial charge on any atom is 0.0747 e. The molecule has 0 spiro atoms. The summed E-state index contributed by atoms with van der Waals surface area (Å²) in [6.45, 7) is 6.91. The summed E-state index contributed by atoms with van der Waals surface area (Å²) in [6, 6.07) is 17.8. The van der Waals surface area contributed by atoms with E-state index in [-0.39, 0.29) is 5.41 Å². The second-order valence-corrected chi connectivity index (χ2v) is 9.18. The summed E-state index contributed by atoms with van der Waals surface area (Å²) >= 11 is 0. The second-order valence-electron chi connectivity index (χ2n) is 9.18. The van der Waals surface area contributed by atoms with E-state index in [1.54, 1.807) is 11.1 Å². The van der Waals surface area contributed by atoms with Crippen LogP contribution in [0.4, 0.5) is 0 Å². The fourth-order valence-corrected chi connectivity index (χ4v) is 5.11. The summed E-state index contributed by atoms with van der Waals surface area (Å²) in [4.78, 5) is 5.20. The molecule has 2 aromatic carbocycles. The number of benzene rings is 2. The molecule has 1 aromatic heterocycles. The van der Waals surface area contributed by atoms with E-state index < -0.39 is 0 Å². The van der Waals surface area contributed by atoms with Crippen LogP contribution >= 0.6 is 0 Å². The molecule has 1 heteroatoms. The molecule has 0 aliphatic heterocycles. The van der Waals surface area contributed by atoms with E-state index in [0.29, 0.717) is 5.92 Å². The van der Waals surface area contributed by atoms with Crippen molar-refractivity contribution in [3.8, 4) is 11.3 Å². The molecular weight excluding hydrogens is 314 g/mol. The van der Waals surface area contributed by atoms with Crippen molar-refractivity contribution >= 4 is 10.9 Å². The number of hydrogen-bond donors (Lipinski definition) is 0. The molecule has 0 N–H and O–H groups in total. The van der Waals surface area contributed by atoms with Crippen molar-refractivity contribution in [1.29, 1.82) is 0 Å². The number of pyridine rings is 1. The van der Waals surface area contributed by atoms with Crippen LogP contribution in [-0.2, 0) is 5.41 Å². The molecule has 0 unspecified atom stereocenters. The SMILES string of the molecule is CC(C)(C)c1ccc2nc(-c3ccccc3)c3c(c2c1)C1CCC3CC1. The van der Waals surface area contributed by atoms with Gasteiger partial charge in [-0.25, -0.2) is 4.98 Å². The summed E-state index contributed by atoms with van der Waals surface area (Å²) in [6.07, 6.45) is 5.38. The minimum Gasteiger partial charge on any atom is -0.247 e. The highest BCUT2D eigenvalue weighted by molar-refractivity contribution is 5.89. The van der Waals surface area contributed by atoms with Gasteiger partial charge in [0.2, 0.25) is 0 Å². The van der Waals surface area contributed by atoms with E-state index in [1.165, 1.54) is 53.4 Å². The van der Waals surface area contributed by atoms with E-state index in [2.05, 4.69) is 69.3 Å². The van der Waals surface area contributed by atoms with Crippen molar-refractivity contribution in [2.24, 2.45) is 0 Å².